The summed E-state index contributed by atoms with van der Waals surface area (Å²) in [6, 6.07) is 17.7. The van der Waals surface area contributed by atoms with E-state index < -0.39 is 0 Å². The van der Waals surface area contributed by atoms with Crippen molar-refractivity contribution in [1.82, 2.24) is 10.2 Å². The first-order chi connectivity index (χ1) is 12.3. The van der Waals surface area contributed by atoms with Gasteiger partial charge in [-0.25, -0.2) is 0 Å². The molecule has 25 heavy (non-hydrogen) atoms. The second-order valence-electron chi connectivity index (χ2n) is 7.04. The van der Waals surface area contributed by atoms with E-state index in [1.807, 2.05) is 0 Å². The Kier molecular flexibility index (Phi) is 6.24. The predicted molar refractivity (Wildman–Crippen MR) is 105 cm³/mol. The average molecular weight is 338 g/mol. The van der Waals surface area contributed by atoms with E-state index in [1.165, 1.54) is 36.8 Å². The highest BCUT2D eigenvalue weighted by Gasteiger charge is 2.22. The number of carbonyl (C=O) groups is 1. The Hall–Kier alpha value is -2.13. The van der Waals surface area contributed by atoms with E-state index in [0.29, 0.717) is 6.04 Å². The molecule has 0 radical (unpaired) electrons. The normalized spacial score (nSPS) is 19.0. The van der Waals surface area contributed by atoms with Gasteiger partial charge >= 0.3 is 0 Å². The average Bonchev–Trinajstić information content (AvgIpc) is 2.67. The van der Waals surface area contributed by atoms with Gasteiger partial charge in [-0.3, -0.25) is 9.69 Å². The molecule has 0 saturated carbocycles. The largest absolute Gasteiger partial charge is 0.357 e. The lowest BCUT2D eigenvalue weighted by molar-refractivity contribution is -0.109. The van der Waals surface area contributed by atoms with E-state index >= 15 is 0 Å². The Bertz CT molecular complexity index is 679. The molecule has 0 aromatic heterocycles. The van der Waals surface area contributed by atoms with Gasteiger partial charge in [0, 0.05) is 20.6 Å². The van der Waals surface area contributed by atoms with Crippen molar-refractivity contribution in [3.63, 3.8) is 0 Å². The van der Waals surface area contributed by atoms with Crippen LogP contribution in [0.25, 0.3) is 0 Å². The van der Waals surface area contributed by atoms with Crippen LogP contribution >= 0.6 is 0 Å². The second kappa shape index (κ2) is 8.82. The molecule has 2 aromatic rings. The lowest BCUT2D eigenvalue weighted by Gasteiger charge is -2.33. The third-order valence-corrected chi connectivity index (χ3v) is 5.31. The van der Waals surface area contributed by atoms with Gasteiger partial charge in [-0.15, -0.1) is 0 Å². The Morgan fingerprint density at radius 3 is 2.16 bits per heavy atom. The van der Waals surface area contributed by atoms with Gasteiger partial charge in [-0.2, -0.15) is 0 Å². The standard InChI is InChI=1S/C12H16N2O.C10H12.H2/c1-14-8-11-5-3-2-4-10(11)6-12(14)7-13-9-15;1-2-6-10-8-4-3-7-9(10)5-1;/h2-5,9,12H,6-8H2,1H3,(H,13,15);1-2,5-6H,3-4,7-8H2;1H. The van der Waals surface area contributed by atoms with E-state index in [0.717, 1.165) is 25.9 Å². The Balaban J connectivity index is 0.000000193. The lowest BCUT2D eigenvalue weighted by Crippen LogP contribution is -2.43. The number of nitrogens with one attached hydrogen (secondary N) is 1. The second-order valence-corrected chi connectivity index (χ2v) is 7.04. The molecule has 1 atom stereocenters. The minimum atomic E-state index is 0. The van der Waals surface area contributed by atoms with Crippen LogP contribution in [0.3, 0.4) is 0 Å². The van der Waals surface area contributed by atoms with E-state index in [-0.39, 0.29) is 1.43 Å². The van der Waals surface area contributed by atoms with E-state index in [9.17, 15) is 4.79 Å². The summed E-state index contributed by atoms with van der Waals surface area (Å²) >= 11 is 0. The molecule has 1 aliphatic heterocycles. The van der Waals surface area contributed by atoms with Crippen molar-refractivity contribution >= 4 is 6.41 Å². The summed E-state index contributed by atoms with van der Waals surface area (Å²) in [6.45, 7) is 1.70. The maximum atomic E-state index is 10.3. The quantitative estimate of drug-likeness (QED) is 0.867. The zero-order chi connectivity index (χ0) is 17.5. The van der Waals surface area contributed by atoms with Crippen LogP contribution in [0.4, 0.5) is 0 Å². The smallest absolute Gasteiger partial charge is 0.207 e. The number of carbonyl (C=O) groups excluding carboxylic acids is 1. The first-order valence-corrected chi connectivity index (χ1v) is 9.28. The van der Waals surface area contributed by atoms with Gasteiger partial charge in [0.2, 0.25) is 6.41 Å². The minimum Gasteiger partial charge on any atom is -0.357 e. The van der Waals surface area contributed by atoms with Crippen LogP contribution in [0.15, 0.2) is 48.5 Å². The van der Waals surface area contributed by atoms with Crippen LogP contribution in [-0.4, -0.2) is 30.9 Å². The van der Waals surface area contributed by atoms with Crippen molar-refractivity contribution in [3.05, 3.63) is 70.8 Å². The number of nitrogens with zero attached hydrogens (tertiary/aromatic N) is 1. The van der Waals surface area contributed by atoms with Crippen molar-refractivity contribution in [1.29, 1.82) is 0 Å². The van der Waals surface area contributed by atoms with Crippen molar-refractivity contribution in [2.75, 3.05) is 13.6 Å². The molecule has 0 bridgehead atoms. The third kappa shape index (κ3) is 4.70. The fourth-order valence-corrected chi connectivity index (χ4v) is 3.81. The zero-order valence-electron chi connectivity index (χ0n) is 15.1. The van der Waals surface area contributed by atoms with Crippen molar-refractivity contribution in [2.24, 2.45) is 0 Å². The van der Waals surface area contributed by atoms with Crippen LogP contribution in [-0.2, 0) is 30.6 Å². The zero-order valence-corrected chi connectivity index (χ0v) is 15.1. The van der Waals surface area contributed by atoms with Crippen molar-refractivity contribution < 1.29 is 6.22 Å². The van der Waals surface area contributed by atoms with Crippen LogP contribution in [0.1, 0.15) is 36.5 Å². The van der Waals surface area contributed by atoms with Gasteiger partial charge in [-0.1, -0.05) is 48.5 Å². The van der Waals surface area contributed by atoms with Gasteiger partial charge in [0.1, 0.15) is 0 Å². The molecule has 0 saturated heterocycles. The highest BCUT2D eigenvalue weighted by atomic mass is 16.1. The molecule has 134 valence electrons. The molecular formula is C22H30N2O. The summed E-state index contributed by atoms with van der Waals surface area (Å²) in [6.07, 6.45) is 7.17. The number of fused-ring (bicyclic) bond motifs is 2. The Morgan fingerprint density at radius 2 is 1.56 bits per heavy atom. The molecular weight excluding hydrogens is 308 g/mol. The van der Waals surface area contributed by atoms with Gasteiger partial charge in [0.05, 0.1) is 0 Å². The summed E-state index contributed by atoms with van der Waals surface area (Å²) in [5.74, 6) is 0. The summed E-state index contributed by atoms with van der Waals surface area (Å²) in [5.41, 5.74) is 5.97. The van der Waals surface area contributed by atoms with Gasteiger partial charge in [0.25, 0.3) is 0 Å². The van der Waals surface area contributed by atoms with Gasteiger partial charge in [0.15, 0.2) is 0 Å². The van der Waals surface area contributed by atoms with Gasteiger partial charge in [-0.05, 0) is 61.4 Å². The number of likely N-dealkylation sites (N-methyl/N-ethyl adjacent to an activating group) is 1. The molecule has 1 unspecified atom stereocenters. The number of rotatable bonds is 3. The molecule has 1 N–H and O–H groups in total. The molecule has 3 nitrogen and oxygen atoms in total. The van der Waals surface area contributed by atoms with Gasteiger partial charge < -0.3 is 5.32 Å². The van der Waals surface area contributed by atoms with Crippen LogP contribution in [0.2, 0.25) is 0 Å². The summed E-state index contributed by atoms with van der Waals surface area (Å²) in [7, 11) is 2.10. The van der Waals surface area contributed by atoms with Crippen molar-refractivity contribution in [2.45, 2.75) is 44.7 Å². The molecule has 1 aliphatic carbocycles. The van der Waals surface area contributed by atoms with Crippen LogP contribution < -0.4 is 5.32 Å². The predicted octanol–water partition coefficient (Wildman–Crippen LogP) is 3.60. The highest BCUT2D eigenvalue weighted by Crippen LogP contribution is 2.21. The van der Waals surface area contributed by atoms with Crippen molar-refractivity contribution in [3.8, 4) is 0 Å². The highest BCUT2D eigenvalue weighted by molar-refractivity contribution is 5.46. The Labute approximate surface area is 152 Å². The molecule has 1 heterocycles. The monoisotopic (exact) mass is 338 g/mol. The molecule has 2 aliphatic rings. The molecule has 0 fully saturated rings. The summed E-state index contributed by atoms with van der Waals surface area (Å²) < 4.78 is 0. The van der Waals surface area contributed by atoms with Crippen LogP contribution in [0.5, 0.6) is 0 Å². The number of aryl methyl sites for hydroxylation is 2. The fraction of sp³-hybridized carbons (Fsp3) is 0.409. The SMILES string of the molecule is CN1Cc2ccccc2CC1CNC=O.[HH].c1ccc2c(c1)CCCC2. The molecule has 2 aromatic carbocycles. The number of benzene rings is 2. The minimum absolute atomic E-state index is 0. The molecule has 3 heteroatoms. The number of hydrogen-bond donors (Lipinski definition) is 1. The fourth-order valence-electron chi connectivity index (χ4n) is 3.81. The topological polar surface area (TPSA) is 32.3 Å². The lowest BCUT2D eigenvalue weighted by atomic mass is 9.92. The maximum absolute atomic E-state index is 10.3. The molecule has 0 spiro atoms. The summed E-state index contributed by atoms with van der Waals surface area (Å²) in [5, 5.41) is 2.76. The maximum Gasteiger partial charge on any atom is 0.207 e. The molecule has 1 amide bonds. The molecule has 4 rings (SSSR count). The number of amides is 1. The third-order valence-electron chi connectivity index (χ3n) is 5.31. The van der Waals surface area contributed by atoms with E-state index in [4.69, 9.17) is 0 Å². The first kappa shape index (κ1) is 17.7. The first-order valence-electron chi connectivity index (χ1n) is 9.28. The van der Waals surface area contributed by atoms with Crippen LogP contribution in [0, 0.1) is 0 Å². The Morgan fingerprint density at radius 1 is 1.00 bits per heavy atom. The number of hydrogen-bond acceptors (Lipinski definition) is 2. The van der Waals surface area contributed by atoms with E-state index in [1.54, 1.807) is 11.1 Å². The van der Waals surface area contributed by atoms with E-state index in [2.05, 4.69) is 65.8 Å². The summed E-state index contributed by atoms with van der Waals surface area (Å²) in [4.78, 5) is 12.6.